The van der Waals surface area contributed by atoms with Crippen molar-refractivity contribution in [3.05, 3.63) is 30.1 Å². The molecule has 0 radical (unpaired) electrons. The van der Waals surface area contributed by atoms with Crippen LogP contribution in [0.2, 0.25) is 0 Å². The summed E-state index contributed by atoms with van der Waals surface area (Å²) in [7, 11) is 1.36. The van der Waals surface area contributed by atoms with Crippen molar-refractivity contribution in [2.45, 2.75) is 0 Å². The van der Waals surface area contributed by atoms with E-state index in [1.54, 1.807) is 24.5 Å². The molecule has 1 rings (SSSR count). The predicted molar refractivity (Wildman–Crippen MR) is 34.3 cm³/mol. The summed E-state index contributed by atoms with van der Waals surface area (Å²) in [6.07, 6.45) is 3.35. The Morgan fingerprint density at radius 3 is 2.60 bits per heavy atom. The maximum Gasteiger partial charge on any atom is 0.338 e. The number of aromatic amines is 1. The molecule has 0 bridgehead atoms. The van der Waals surface area contributed by atoms with Gasteiger partial charge in [0, 0.05) is 12.1 Å². The van der Waals surface area contributed by atoms with Gasteiger partial charge in [0.1, 0.15) is 0 Å². The second-order valence-electron chi connectivity index (χ2n) is 1.78. The molecule has 0 saturated carbocycles. The first-order valence-corrected chi connectivity index (χ1v) is 2.89. The molecule has 1 heterocycles. The van der Waals surface area contributed by atoms with Crippen LogP contribution in [0.5, 0.6) is 0 Å². The lowest BCUT2D eigenvalue weighted by Crippen LogP contribution is -2.05. The minimum atomic E-state index is -0.311. The van der Waals surface area contributed by atoms with Crippen LogP contribution in [-0.2, 0) is 4.74 Å². The Bertz CT molecular complexity index is 220. The topological polar surface area (TPSA) is 40.4 Å². The second-order valence-corrected chi connectivity index (χ2v) is 1.78. The van der Waals surface area contributed by atoms with Crippen LogP contribution in [0.3, 0.4) is 0 Å². The van der Waals surface area contributed by atoms with Crippen molar-refractivity contribution in [2.75, 3.05) is 7.11 Å². The third-order valence-corrected chi connectivity index (χ3v) is 1.14. The van der Waals surface area contributed by atoms with Crippen molar-refractivity contribution in [1.29, 1.82) is 0 Å². The molecule has 0 spiro atoms. The molecule has 0 fully saturated rings. The number of pyridine rings is 1. The Balaban J connectivity index is 2.85. The van der Waals surface area contributed by atoms with Gasteiger partial charge in [-0.3, -0.25) is 0 Å². The van der Waals surface area contributed by atoms with E-state index in [0.717, 1.165) is 0 Å². The highest BCUT2D eigenvalue weighted by atomic mass is 16.5. The summed E-state index contributed by atoms with van der Waals surface area (Å²) in [6, 6.07) is 3.32. The van der Waals surface area contributed by atoms with Gasteiger partial charge < -0.3 is 4.74 Å². The zero-order chi connectivity index (χ0) is 7.40. The van der Waals surface area contributed by atoms with Crippen LogP contribution in [0.1, 0.15) is 10.4 Å². The summed E-state index contributed by atoms with van der Waals surface area (Å²) < 4.78 is 4.48. The van der Waals surface area contributed by atoms with E-state index in [9.17, 15) is 4.79 Å². The predicted octanol–water partition coefficient (Wildman–Crippen LogP) is 0.287. The summed E-state index contributed by atoms with van der Waals surface area (Å²) in [5.41, 5.74) is 0.557. The molecule has 0 amide bonds. The maximum atomic E-state index is 10.8. The van der Waals surface area contributed by atoms with Crippen LogP contribution < -0.4 is 4.98 Å². The molecule has 0 saturated heterocycles. The number of ether oxygens (including phenoxy) is 1. The summed E-state index contributed by atoms with van der Waals surface area (Å²) >= 11 is 0. The number of hydrogen-bond acceptors (Lipinski definition) is 2. The fraction of sp³-hybridized carbons (Fsp3) is 0.143. The Labute approximate surface area is 58.7 Å². The molecule has 3 heteroatoms. The molecular weight excluding hydrogens is 130 g/mol. The van der Waals surface area contributed by atoms with Gasteiger partial charge in [0.05, 0.1) is 12.7 Å². The molecule has 3 nitrogen and oxygen atoms in total. The van der Waals surface area contributed by atoms with E-state index in [0.29, 0.717) is 5.56 Å². The maximum absolute atomic E-state index is 10.8. The molecule has 0 atom stereocenters. The van der Waals surface area contributed by atoms with E-state index in [1.165, 1.54) is 7.11 Å². The highest BCUT2D eigenvalue weighted by Crippen LogP contribution is 1.95. The van der Waals surface area contributed by atoms with E-state index >= 15 is 0 Å². The smallest absolute Gasteiger partial charge is 0.338 e. The number of hydrogen-bond donors (Lipinski definition) is 0. The Morgan fingerprint density at radius 2 is 2.10 bits per heavy atom. The summed E-state index contributed by atoms with van der Waals surface area (Å²) in [6.45, 7) is 0. The van der Waals surface area contributed by atoms with E-state index in [2.05, 4.69) is 9.72 Å². The highest BCUT2D eigenvalue weighted by molar-refractivity contribution is 5.88. The van der Waals surface area contributed by atoms with Crippen LogP contribution in [0.15, 0.2) is 24.5 Å². The molecule has 0 aliphatic rings. The highest BCUT2D eigenvalue weighted by Gasteiger charge is 2.03. The fourth-order valence-electron chi connectivity index (χ4n) is 0.641. The largest absolute Gasteiger partial charge is 0.465 e. The second kappa shape index (κ2) is 2.96. The Hall–Kier alpha value is -1.38. The minimum Gasteiger partial charge on any atom is -0.465 e. The molecule has 52 valence electrons. The molecule has 0 aliphatic heterocycles. The Kier molecular flexibility index (Phi) is 1.99. The molecule has 0 aliphatic carbocycles. The lowest BCUT2D eigenvalue weighted by atomic mass is 10.3. The number of esters is 1. The van der Waals surface area contributed by atoms with Crippen LogP contribution in [0, 0.1) is 0 Å². The molecule has 1 N–H and O–H groups in total. The molecule has 10 heavy (non-hydrogen) atoms. The lowest BCUT2D eigenvalue weighted by molar-refractivity contribution is -0.378. The van der Waals surface area contributed by atoms with Gasteiger partial charge >= 0.3 is 5.97 Å². The van der Waals surface area contributed by atoms with Crippen molar-refractivity contribution in [3.63, 3.8) is 0 Å². The van der Waals surface area contributed by atoms with Gasteiger partial charge in [-0.1, -0.05) is 0 Å². The summed E-state index contributed by atoms with van der Waals surface area (Å²) in [5.74, 6) is -0.311. The molecule has 0 aromatic carbocycles. The quantitative estimate of drug-likeness (QED) is 0.523. The number of carbonyl (C=O) groups excluding carboxylic acids is 1. The average Bonchev–Trinajstić information content (AvgIpc) is 2.05. The number of carbonyl (C=O) groups is 1. The van der Waals surface area contributed by atoms with Crippen molar-refractivity contribution in [3.8, 4) is 0 Å². The fourth-order valence-corrected chi connectivity index (χ4v) is 0.641. The lowest BCUT2D eigenvalue weighted by Gasteiger charge is -1.93. The van der Waals surface area contributed by atoms with Crippen LogP contribution in [0.25, 0.3) is 0 Å². The van der Waals surface area contributed by atoms with Crippen LogP contribution >= 0.6 is 0 Å². The summed E-state index contributed by atoms with van der Waals surface area (Å²) in [4.78, 5) is 13.6. The van der Waals surface area contributed by atoms with Gasteiger partial charge in [-0.15, -0.1) is 0 Å². The monoisotopic (exact) mass is 138 g/mol. The molecule has 0 unspecified atom stereocenters. The molecule has 1 aromatic rings. The molecule has 1 aromatic heterocycles. The number of rotatable bonds is 1. The van der Waals surface area contributed by atoms with Gasteiger partial charge in [-0.05, 0) is 0 Å². The van der Waals surface area contributed by atoms with E-state index in [1.807, 2.05) is 0 Å². The average molecular weight is 138 g/mol. The standard InChI is InChI=1S/C7H7NO2/c1-10-7(9)6-2-4-8-5-3-6/h2-5H,1H3/p+1. The normalized spacial score (nSPS) is 8.90. The van der Waals surface area contributed by atoms with Crippen molar-refractivity contribution >= 4 is 5.97 Å². The van der Waals surface area contributed by atoms with E-state index in [-0.39, 0.29) is 5.97 Å². The van der Waals surface area contributed by atoms with E-state index < -0.39 is 0 Å². The van der Waals surface area contributed by atoms with Gasteiger partial charge in [0.15, 0.2) is 12.4 Å². The number of methoxy groups -OCH3 is 1. The summed E-state index contributed by atoms with van der Waals surface area (Å²) in [5, 5.41) is 0. The first-order chi connectivity index (χ1) is 4.84. The van der Waals surface area contributed by atoms with Gasteiger partial charge in [-0.2, -0.15) is 0 Å². The van der Waals surface area contributed by atoms with Crippen molar-refractivity contribution in [2.24, 2.45) is 0 Å². The van der Waals surface area contributed by atoms with Crippen molar-refractivity contribution in [1.82, 2.24) is 0 Å². The third kappa shape index (κ3) is 1.31. The number of nitrogens with one attached hydrogen (secondary N) is 1. The SMILES string of the molecule is COC(=O)c1cc[nH+]cc1. The zero-order valence-electron chi connectivity index (χ0n) is 5.63. The van der Waals surface area contributed by atoms with Gasteiger partial charge in [-0.25, -0.2) is 9.78 Å². The first kappa shape index (κ1) is 6.74. The Morgan fingerprint density at radius 1 is 1.50 bits per heavy atom. The first-order valence-electron chi connectivity index (χ1n) is 2.89. The number of aromatic nitrogens is 1. The van der Waals surface area contributed by atoms with Gasteiger partial charge in [0.25, 0.3) is 0 Å². The zero-order valence-corrected chi connectivity index (χ0v) is 5.63. The van der Waals surface area contributed by atoms with Crippen molar-refractivity contribution < 1.29 is 14.5 Å². The molecular formula is C7H8NO2+. The minimum absolute atomic E-state index is 0.311. The number of H-pyrrole nitrogens is 1. The van der Waals surface area contributed by atoms with Gasteiger partial charge in [0.2, 0.25) is 0 Å². The third-order valence-electron chi connectivity index (χ3n) is 1.14. The van der Waals surface area contributed by atoms with E-state index in [4.69, 9.17) is 0 Å². The van der Waals surface area contributed by atoms with Crippen LogP contribution in [-0.4, -0.2) is 13.1 Å². The van der Waals surface area contributed by atoms with Crippen LogP contribution in [0.4, 0.5) is 0 Å².